The summed E-state index contributed by atoms with van der Waals surface area (Å²) in [7, 11) is 1.32. The molecule has 0 radical (unpaired) electrons. The summed E-state index contributed by atoms with van der Waals surface area (Å²) in [4.78, 5) is 23.3. The van der Waals surface area contributed by atoms with Crippen LogP contribution in [-0.4, -0.2) is 34.3 Å². The van der Waals surface area contributed by atoms with Crippen LogP contribution in [0, 0.1) is 0 Å². The second-order valence-electron chi connectivity index (χ2n) is 5.15. The summed E-state index contributed by atoms with van der Waals surface area (Å²) in [5, 5.41) is 6.81. The Morgan fingerprint density at radius 1 is 1.43 bits per heavy atom. The molecule has 0 spiro atoms. The number of ether oxygens (including phenoxy) is 1. The van der Waals surface area contributed by atoms with Crippen LogP contribution in [0.15, 0.2) is 12.3 Å². The Morgan fingerprint density at radius 2 is 2.10 bits per heavy atom. The van der Waals surface area contributed by atoms with Crippen molar-refractivity contribution in [1.29, 1.82) is 0 Å². The van der Waals surface area contributed by atoms with E-state index in [1.54, 1.807) is 12.3 Å². The summed E-state index contributed by atoms with van der Waals surface area (Å²) >= 11 is 0. The number of nitrogens with two attached hydrogens (primary N) is 1. The lowest BCUT2D eigenvalue weighted by atomic mass is 9.82. The molecule has 1 amide bonds. The Hall–Kier alpha value is -1.60. The van der Waals surface area contributed by atoms with Gasteiger partial charge in [-0.1, -0.05) is 19.3 Å². The lowest BCUT2D eigenvalue weighted by molar-refractivity contribution is -0.141. The van der Waals surface area contributed by atoms with Gasteiger partial charge in [0.1, 0.15) is 6.54 Å². The minimum Gasteiger partial charge on any atom is -0.468 e. The molecule has 21 heavy (non-hydrogen) atoms. The molecule has 0 atom stereocenters. The quantitative estimate of drug-likeness (QED) is 0.810. The summed E-state index contributed by atoms with van der Waals surface area (Å²) in [6.07, 6.45) is 6.07. The molecule has 1 heterocycles. The van der Waals surface area contributed by atoms with Gasteiger partial charge in [-0.25, -0.2) is 0 Å². The second-order valence-corrected chi connectivity index (χ2v) is 5.15. The van der Waals surface area contributed by atoms with Crippen molar-refractivity contribution in [2.45, 2.75) is 44.2 Å². The summed E-state index contributed by atoms with van der Waals surface area (Å²) in [5.74, 6) is -0.205. The molecule has 3 N–H and O–H groups in total. The molecular formula is C13H21ClN4O3. The topological polar surface area (TPSA) is 99.2 Å². The molecule has 8 heteroatoms. The molecule has 2 rings (SSSR count). The minimum absolute atomic E-state index is 0. The van der Waals surface area contributed by atoms with Gasteiger partial charge in [0.05, 0.1) is 12.6 Å². The van der Waals surface area contributed by atoms with E-state index in [-0.39, 0.29) is 24.9 Å². The third kappa shape index (κ3) is 4.44. The molecule has 1 aromatic rings. The first-order chi connectivity index (χ1) is 9.53. The van der Waals surface area contributed by atoms with Crippen LogP contribution in [0.5, 0.6) is 0 Å². The lowest BCUT2D eigenvalue weighted by Crippen LogP contribution is -2.52. The van der Waals surface area contributed by atoms with Crippen LogP contribution in [-0.2, 0) is 20.9 Å². The van der Waals surface area contributed by atoms with Crippen LogP contribution in [0.3, 0.4) is 0 Å². The average molecular weight is 317 g/mol. The Kier molecular flexibility index (Phi) is 6.17. The van der Waals surface area contributed by atoms with E-state index in [4.69, 9.17) is 5.73 Å². The lowest BCUT2D eigenvalue weighted by Gasteiger charge is -2.31. The van der Waals surface area contributed by atoms with E-state index in [0.29, 0.717) is 18.7 Å². The first kappa shape index (κ1) is 17.5. The van der Waals surface area contributed by atoms with Gasteiger partial charge in [-0.05, 0) is 12.8 Å². The van der Waals surface area contributed by atoms with E-state index >= 15 is 0 Å². The molecular weight excluding hydrogens is 296 g/mol. The van der Waals surface area contributed by atoms with Crippen molar-refractivity contribution in [1.82, 2.24) is 9.78 Å². The van der Waals surface area contributed by atoms with Gasteiger partial charge in [-0.2, -0.15) is 5.10 Å². The fraction of sp³-hybridized carbons (Fsp3) is 0.615. The highest BCUT2D eigenvalue weighted by atomic mass is 35.5. The molecule has 0 bridgehead atoms. The number of carbonyl (C=O) groups excluding carboxylic acids is 2. The number of methoxy groups -OCH3 is 1. The Bertz CT molecular complexity index is 497. The van der Waals surface area contributed by atoms with Gasteiger partial charge in [0.25, 0.3) is 0 Å². The highest BCUT2D eigenvalue weighted by molar-refractivity contribution is 5.97. The van der Waals surface area contributed by atoms with Crippen LogP contribution in [0.25, 0.3) is 0 Å². The van der Waals surface area contributed by atoms with Crippen LogP contribution < -0.4 is 11.1 Å². The zero-order chi connectivity index (χ0) is 14.6. The molecule has 1 aliphatic carbocycles. The molecule has 1 aromatic heterocycles. The number of nitrogens with one attached hydrogen (secondary N) is 1. The molecule has 0 unspecified atom stereocenters. The highest BCUT2D eigenvalue weighted by Crippen LogP contribution is 2.26. The van der Waals surface area contributed by atoms with Crippen LogP contribution >= 0.6 is 12.4 Å². The SMILES string of the molecule is COC(=O)Cn1ccc(NC(=O)C2(N)CCCCC2)n1.Cl. The minimum atomic E-state index is -0.801. The third-order valence-corrected chi connectivity index (χ3v) is 3.60. The second kappa shape index (κ2) is 7.42. The predicted octanol–water partition coefficient (Wildman–Crippen LogP) is 1.08. The highest BCUT2D eigenvalue weighted by Gasteiger charge is 2.35. The van der Waals surface area contributed by atoms with E-state index in [9.17, 15) is 9.59 Å². The van der Waals surface area contributed by atoms with Crippen molar-refractivity contribution in [3.05, 3.63) is 12.3 Å². The van der Waals surface area contributed by atoms with Crippen molar-refractivity contribution in [3.8, 4) is 0 Å². The van der Waals surface area contributed by atoms with E-state index in [0.717, 1.165) is 19.3 Å². The normalized spacial score (nSPS) is 16.7. The van der Waals surface area contributed by atoms with Gasteiger partial charge in [0, 0.05) is 12.3 Å². The van der Waals surface area contributed by atoms with E-state index < -0.39 is 11.5 Å². The van der Waals surface area contributed by atoms with Crippen LogP contribution in [0.4, 0.5) is 5.82 Å². The van der Waals surface area contributed by atoms with Crippen molar-refractivity contribution in [3.63, 3.8) is 0 Å². The standard InChI is InChI=1S/C13H20N4O3.ClH/c1-20-11(18)9-17-8-5-10(16-17)15-12(19)13(14)6-3-2-4-7-13;/h5,8H,2-4,6-7,9,14H2,1H3,(H,15,16,19);1H. The molecule has 0 aromatic carbocycles. The number of halogens is 1. The Morgan fingerprint density at radius 3 is 2.71 bits per heavy atom. The molecule has 0 saturated heterocycles. The number of anilines is 1. The predicted molar refractivity (Wildman–Crippen MR) is 80.1 cm³/mol. The van der Waals surface area contributed by atoms with Crippen molar-refractivity contribution < 1.29 is 14.3 Å². The monoisotopic (exact) mass is 316 g/mol. The van der Waals surface area contributed by atoms with Gasteiger partial charge >= 0.3 is 5.97 Å². The zero-order valence-electron chi connectivity index (χ0n) is 12.0. The average Bonchev–Trinajstić information content (AvgIpc) is 2.86. The number of esters is 1. The largest absolute Gasteiger partial charge is 0.468 e. The summed E-state index contributed by atoms with van der Waals surface area (Å²) in [6, 6.07) is 1.63. The molecule has 118 valence electrons. The fourth-order valence-corrected chi connectivity index (χ4v) is 2.36. The number of nitrogens with zero attached hydrogens (tertiary/aromatic N) is 2. The Labute approximate surface area is 129 Å². The van der Waals surface area contributed by atoms with E-state index in [2.05, 4.69) is 15.2 Å². The van der Waals surface area contributed by atoms with Crippen LogP contribution in [0.2, 0.25) is 0 Å². The zero-order valence-corrected chi connectivity index (χ0v) is 12.8. The molecule has 1 saturated carbocycles. The van der Waals surface area contributed by atoms with Crippen molar-refractivity contribution in [2.24, 2.45) is 5.73 Å². The molecule has 7 nitrogen and oxygen atoms in total. The summed E-state index contributed by atoms with van der Waals surface area (Å²) in [5.41, 5.74) is 5.34. The van der Waals surface area contributed by atoms with Crippen molar-refractivity contribution in [2.75, 3.05) is 12.4 Å². The number of hydrogen-bond acceptors (Lipinski definition) is 5. The maximum absolute atomic E-state index is 12.2. The van der Waals surface area contributed by atoms with E-state index in [1.165, 1.54) is 11.8 Å². The maximum atomic E-state index is 12.2. The number of carbonyl (C=O) groups is 2. The Balaban J connectivity index is 0.00000220. The first-order valence-corrected chi connectivity index (χ1v) is 6.74. The number of hydrogen-bond donors (Lipinski definition) is 2. The number of rotatable bonds is 4. The van der Waals surface area contributed by atoms with Gasteiger partial charge in [-0.3, -0.25) is 14.3 Å². The van der Waals surface area contributed by atoms with Gasteiger partial charge in [0.15, 0.2) is 5.82 Å². The van der Waals surface area contributed by atoms with E-state index in [1.807, 2.05) is 0 Å². The van der Waals surface area contributed by atoms with Gasteiger partial charge in [-0.15, -0.1) is 12.4 Å². The number of amides is 1. The van der Waals surface area contributed by atoms with Crippen molar-refractivity contribution >= 4 is 30.1 Å². The summed E-state index contributed by atoms with van der Waals surface area (Å²) in [6.45, 7) is 0.0140. The maximum Gasteiger partial charge on any atom is 0.327 e. The van der Waals surface area contributed by atoms with Gasteiger partial charge in [0.2, 0.25) is 5.91 Å². The van der Waals surface area contributed by atoms with Gasteiger partial charge < -0.3 is 15.8 Å². The number of aromatic nitrogens is 2. The molecule has 0 aliphatic heterocycles. The third-order valence-electron chi connectivity index (χ3n) is 3.60. The smallest absolute Gasteiger partial charge is 0.327 e. The molecule has 1 fully saturated rings. The first-order valence-electron chi connectivity index (χ1n) is 6.74. The fourth-order valence-electron chi connectivity index (χ4n) is 2.36. The summed E-state index contributed by atoms with van der Waals surface area (Å²) < 4.78 is 5.96. The van der Waals surface area contributed by atoms with Crippen LogP contribution in [0.1, 0.15) is 32.1 Å². The molecule has 1 aliphatic rings.